The first-order chi connectivity index (χ1) is 8.58. The van der Waals surface area contributed by atoms with E-state index in [2.05, 4.69) is 30.1 Å². The fourth-order valence-corrected chi connectivity index (χ4v) is 2.47. The molecule has 1 aromatic carbocycles. The molecular formula is C15H14N2O. The van der Waals surface area contributed by atoms with Gasteiger partial charge < -0.3 is 0 Å². The minimum absolute atomic E-state index is 0.0500. The summed E-state index contributed by atoms with van der Waals surface area (Å²) in [7, 11) is 0. The zero-order valence-electron chi connectivity index (χ0n) is 10.7. The number of imidazole rings is 1. The maximum Gasteiger partial charge on any atom is 0.178 e. The number of carbonyl (C=O) groups excluding carboxylic acids is 1. The monoisotopic (exact) mass is 238 g/mol. The number of pyridine rings is 1. The molecule has 0 unspecified atom stereocenters. The number of hydrogen-bond acceptors (Lipinski definition) is 2. The van der Waals surface area contributed by atoms with E-state index in [0.717, 1.165) is 22.2 Å². The molecule has 0 spiro atoms. The van der Waals surface area contributed by atoms with Gasteiger partial charge in [-0.05, 0) is 43.0 Å². The molecule has 2 aromatic heterocycles. The molecule has 0 atom stereocenters. The van der Waals surface area contributed by atoms with E-state index in [4.69, 9.17) is 0 Å². The summed E-state index contributed by atoms with van der Waals surface area (Å²) in [5.41, 5.74) is 4.52. The zero-order valence-corrected chi connectivity index (χ0v) is 10.7. The van der Waals surface area contributed by atoms with Crippen LogP contribution in [0.2, 0.25) is 0 Å². The van der Waals surface area contributed by atoms with Crippen LogP contribution in [0.15, 0.2) is 30.3 Å². The zero-order chi connectivity index (χ0) is 12.9. The lowest BCUT2D eigenvalue weighted by Gasteiger charge is -2.05. The second kappa shape index (κ2) is 3.67. The minimum Gasteiger partial charge on any atom is -0.293 e. The number of rotatable bonds is 1. The maximum atomic E-state index is 11.8. The molecule has 3 aromatic rings. The first kappa shape index (κ1) is 11.0. The summed E-state index contributed by atoms with van der Waals surface area (Å²) in [5.74, 6) is 0.0500. The van der Waals surface area contributed by atoms with Gasteiger partial charge in [0.1, 0.15) is 11.3 Å². The number of hydrogen-bond donors (Lipinski definition) is 0. The van der Waals surface area contributed by atoms with E-state index < -0.39 is 0 Å². The molecule has 0 bridgehead atoms. The Kier molecular flexibility index (Phi) is 2.23. The van der Waals surface area contributed by atoms with E-state index in [-0.39, 0.29) is 5.78 Å². The number of carbonyl (C=O) groups is 1. The Morgan fingerprint density at radius 2 is 1.89 bits per heavy atom. The molecule has 0 aliphatic carbocycles. The van der Waals surface area contributed by atoms with Crippen LogP contribution in [-0.4, -0.2) is 15.2 Å². The number of benzene rings is 1. The van der Waals surface area contributed by atoms with Crippen molar-refractivity contribution in [2.75, 3.05) is 0 Å². The van der Waals surface area contributed by atoms with E-state index >= 15 is 0 Å². The average molecular weight is 238 g/mol. The molecule has 3 rings (SSSR count). The van der Waals surface area contributed by atoms with Crippen molar-refractivity contribution >= 4 is 22.3 Å². The summed E-state index contributed by atoms with van der Waals surface area (Å²) in [6.45, 7) is 5.52. The van der Waals surface area contributed by atoms with Crippen LogP contribution in [-0.2, 0) is 0 Å². The van der Waals surface area contributed by atoms with Crippen molar-refractivity contribution in [1.82, 2.24) is 9.38 Å². The molecule has 0 N–H and O–H groups in total. The van der Waals surface area contributed by atoms with Gasteiger partial charge in [0.15, 0.2) is 5.78 Å². The van der Waals surface area contributed by atoms with Gasteiger partial charge in [-0.3, -0.25) is 9.20 Å². The van der Waals surface area contributed by atoms with Crippen molar-refractivity contribution in [3.63, 3.8) is 0 Å². The second-order valence-corrected chi connectivity index (χ2v) is 4.69. The first-order valence-electron chi connectivity index (χ1n) is 5.97. The Hall–Kier alpha value is -2.16. The average Bonchev–Trinajstić information content (AvgIpc) is 2.65. The Morgan fingerprint density at radius 3 is 2.61 bits per heavy atom. The topological polar surface area (TPSA) is 34.4 Å². The third-order valence-corrected chi connectivity index (χ3v) is 3.25. The van der Waals surface area contributed by atoms with E-state index in [1.54, 1.807) is 6.92 Å². The lowest BCUT2D eigenvalue weighted by atomic mass is 10.1. The predicted octanol–water partition coefficient (Wildman–Crippen LogP) is 3.31. The van der Waals surface area contributed by atoms with Gasteiger partial charge in [0, 0.05) is 6.92 Å². The van der Waals surface area contributed by atoms with Crippen LogP contribution in [0.3, 0.4) is 0 Å². The normalized spacial score (nSPS) is 11.3. The lowest BCUT2D eigenvalue weighted by Crippen LogP contribution is -2.01. The summed E-state index contributed by atoms with van der Waals surface area (Å²) in [6.07, 6.45) is 0. The fourth-order valence-electron chi connectivity index (χ4n) is 2.47. The molecule has 0 amide bonds. The number of aryl methyl sites for hydroxylation is 2. The van der Waals surface area contributed by atoms with E-state index in [0.29, 0.717) is 5.69 Å². The highest BCUT2D eigenvalue weighted by Gasteiger charge is 2.14. The van der Waals surface area contributed by atoms with Crippen molar-refractivity contribution < 1.29 is 4.79 Å². The van der Waals surface area contributed by atoms with Gasteiger partial charge in [-0.25, -0.2) is 4.98 Å². The van der Waals surface area contributed by atoms with Gasteiger partial charge in [-0.15, -0.1) is 0 Å². The second-order valence-electron chi connectivity index (χ2n) is 4.69. The van der Waals surface area contributed by atoms with Gasteiger partial charge in [0.05, 0.1) is 11.2 Å². The molecule has 0 radical (unpaired) electrons. The number of Topliss-reactive ketones (excluding diaryl/α,β-unsaturated/α-hetero) is 1. The summed E-state index contributed by atoms with van der Waals surface area (Å²) in [5, 5.41) is 1.12. The molecule has 0 saturated heterocycles. The van der Waals surface area contributed by atoms with E-state index in [1.165, 1.54) is 5.56 Å². The largest absolute Gasteiger partial charge is 0.293 e. The van der Waals surface area contributed by atoms with Gasteiger partial charge >= 0.3 is 0 Å². The number of aromatic nitrogens is 2. The van der Waals surface area contributed by atoms with Crippen LogP contribution in [0.5, 0.6) is 0 Å². The maximum absolute atomic E-state index is 11.8. The molecule has 0 aliphatic heterocycles. The molecule has 0 saturated carbocycles. The summed E-state index contributed by atoms with van der Waals surface area (Å²) < 4.78 is 1.96. The first-order valence-corrected chi connectivity index (χ1v) is 5.97. The van der Waals surface area contributed by atoms with Crippen molar-refractivity contribution in [1.29, 1.82) is 0 Å². The lowest BCUT2D eigenvalue weighted by molar-refractivity contribution is 0.101. The fraction of sp³-hybridized carbons (Fsp3) is 0.200. The third kappa shape index (κ3) is 1.44. The highest BCUT2D eigenvalue weighted by atomic mass is 16.1. The molecule has 0 aliphatic rings. The van der Waals surface area contributed by atoms with Crippen molar-refractivity contribution in [2.45, 2.75) is 20.8 Å². The van der Waals surface area contributed by atoms with Crippen LogP contribution in [0.1, 0.15) is 28.7 Å². The predicted molar refractivity (Wildman–Crippen MR) is 72.2 cm³/mol. The Balaban J connectivity index is 2.59. The van der Waals surface area contributed by atoms with Gasteiger partial charge in [0.25, 0.3) is 0 Å². The molecular weight excluding hydrogens is 224 g/mol. The van der Waals surface area contributed by atoms with Crippen molar-refractivity contribution in [3.05, 3.63) is 47.3 Å². The molecule has 3 nitrogen and oxygen atoms in total. The number of ketones is 1. The van der Waals surface area contributed by atoms with Crippen molar-refractivity contribution in [2.24, 2.45) is 0 Å². The van der Waals surface area contributed by atoms with Crippen molar-refractivity contribution in [3.8, 4) is 0 Å². The molecule has 3 heteroatoms. The molecule has 18 heavy (non-hydrogen) atoms. The summed E-state index contributed by atoms with van der Waals surface area (Å²) in [6, 6.07) is 10.2. The van der Waals surface area contributed by atoms with Crippen LogP contribution in [0.25, 0.3) is 16.6 Å². The van der Waals surface area contributed by atoms with Gasteiger partial charge in [0.2, 0.25) is 0 Å². The van der Waals surface area contributed by atoms with Crippen LogP contribution >= 0.6 is 0 Å². The molecule has 0 fully saturated rings. The van der Waals surface area contributed by atoms with Gasteiger partial charge in [-0.1, -0.05) is 12.1 Å². The number of nitrogens with zero attached hydrogens (tertiary/aromatic N) is 2. The SMILES string of the molecule is CC(=O)c1c(C)nc2ccc3ccc(C)cc3n12. The summed E-state index contributed by atoms with van der Waals surface area (Å²) >= 11 is 0. The van der Waals surface area contributed by atoms with E-state index in [9.17, 15) is 4.79 Å². The number of fused-ring (bicyclic) bond motifs is 3. The smallest absolute Gasteiger partial charge is 0.178 e. The van der Waals surface area contributed by atoms with Crippen LogP contribution in [0.4, 0.5) is 0 Å². The highest BCUT2D eigenvalue weighted by Crippen LogP contribution is 2.22. The van der Waals surface area contributed by atoms with E-state index in [1.807, 2.05) is 23.5 Å². The van der Waals surface area contributed by atoms with Crippen LogP contribution < -0.4 is 0 Å². The third-order valence-electron chi connectivity index (χ3n) is 3.25. The van der Waals surface area contributed by atoms with Gasteiger partial charge in [-0.2, -0.15) is 0 Å². The highest BCUT2D eigenvalue weighted by molar-refractivity contribution is 5.97. The van der Waals surface area contributed by atoms with Crippen LogP contribution in [0, 0.1) is 13.8 Å². The minimum atomic E-state index is 0.0500. The Morgan fingerprint density at radius 1 is 1.17 bits per heavy atom. The molecule has 2 heterocycles. The summed E-state index contributed by atoms with van der Waals surface area (Å²) in [4.78, 5) is 16.3. The Bertz CT molecular complexity index is 784. The Labute approximate surface area is 105 Å². The standard InChI is InChI=1S/C15H14N2O/c1-9-4-5-12-6-7-14-16-10(2)15(11(3)18)17(14)13(12)8-9/h4-8H,1-3H3. The molecule has 90 valence electrons. The quantitative estimate of drug-likeness (QED) is 0.609.